The van der Waals surface area contributed by atoms with E-state index in [0.717, 1.165) is 12.0 Å². The highest BCUT2D eigenvalue weighted by atomic mass is 16.6. The second-order valence-electron chi connectivity index (χ2n) is 7.14. The maximum absolute atomic E-state index is 11.9. The summed E-state index contributed by atoms with van der Waals surface area (Å²) in [5.74, 6) is -0.423. The Morgan fingerprint density at radius 3 is 2.17 bits per heavy atom. The summed E-state index contributed by atoms with van der Waals surface area (Å²) in [6, 6.07) is 7.06. The van der Waals surface area contributed by atoms with Crippen molar-refractivity contribution in [3.63, 3.8) is 0 Å². The number of carboxylic acid groups (broad SMARTS) is 1. The van der Waals surface area contributed by atoms with Crippen molar-refractivity contribution in [2.45, 2.75) is 59.1 Å². The first-order valence-electron chi connectivity index (χ1n) is 7.87. The molecule has 0 aromatic heterocycles. The van der Waals surface area contributed by atoms with E-state index in [1.807, 2.05) is 24.3 Å². The van der Waals surface area contributed by atoms with Crippen molar-refractivity contribution in [3.8, 4) is 0 Å². The topological polar surface area (TPSA) is 75.6 Å². The molecule has 1 aromatic rings. The van der Waals surface area contributed by atoms with Gasteiger partial charge in [0.1, 0.15) is 5.60 Å². The number of alkyl carbamates (subject to hydrolysis) is 1. The molecule has 0 aliphatic heterocycles. The Kier molecular flexibility index (Phi) is 6.61. The quantitative estimate of drug-likeness (QED) is 0.832. The highest BCUT2D eigenvalue weighted by Crippen LogP contribution is 2.20. The fourth-order valence-corrected chi connectivity index (χ4v) is 2.23. The van der Waals surface area contributed by atoms with Crippen LogP contribution in [-0.4, -0.2) is 22.8 Å². The van der Waals surface area contributed by atoms with Crippen LogP contribution in [0.2, 0.25) is 0 Å². The van der Waals surface area contributed by atoms with Gasteiger partial charge in [-0.05, 0) is 44.2 Å². The predicted molar refractivity (Wildman–Crippen MR) is 89.3 cm³/mol. The van der Waals surface area contributed by atoms with Gasteiger partial charge in [0.2, 0.25) is 0 Å². The zero-order valence-electron chi connectivity index (χ0n) is 14.6. The third-order valence-electron chi connectivity index (χ3n) is 3.10. The van der Waals surface area contributed by atoms with Crippen LogP contribution in [0, 0.1) is 5.92 Å². The van der Waals surface area contributed by atoms with Gasteiger partial charge in [0.15, 0.2) is 0 Å². The molecule has 0 aliphatic carbocycles. The van der Waals surface area contributed by atoms with Crippen LogP contribution in [0.4, 0.5) is 4.79 Å². The van der Waals surface area contributed by atoms with Crippen LogP contribution in [0.15, 0.2) is 24.3 Å². The summed E-state index contributed by atoms with van der Waals surface area (Å²) in [5, 5.41) is 11.7. The summed E-state index contributed by atoms with van der Waals surface area (Å²) in [6.07, 6.45) is 0.154. The van der Waals surface area contributed by atoms with Crippen molar-refractivity contribution in [1.82, 2.24) is 5.32 Å². The molecular weight excluding hydrogens is 294 g/mol. The summed E-state index contributed by atoms with van der Waals surface area (Å²) in [5.41, 5.74) is 1.32. The van der Waals surface area contributed by atoms with E-state index < -0.39 is 23.7 Å². The van der Waals surface area contributed by atoms with Crippen molar-refractivity contribution in [3.05, 3.63) is 35.4 Å². The van der Waals surface area contributed by atoms with E-state index in [-0.39, 0.29) is 6.42 Å². The molecule has 128 valence electrons. The minimum Gasteiger partial charge on any atom is -0.481 e. The Labute approximate surface area is 138 Å². The van der Waals surface area contributed by atoms with Crippen LogP contribution >= 0.6 is 0 Å². The molecule has 0 fully saturated rings. The molecule has 1 aromatic carbocycles. The molecule has 1 amide bonds. The third kappa shape index (κ3) is 7.68. The zero-order valence-corrected chi connectivity index (χ0v) is 14.6. The molecule has 0 saturated heterocycles. The van der Waals surface area contributed by atoms with Crippen LogP contribution in [0.1, 0.15) is 58.2 Å². The standard InChI is InChI=1S/C18H27NO4/c1-12(2)10-13-6-8-14(9-7-13)15(11-16(20)21)19-17(22)23-18(3,4)5/h6-9,12,15H,10-11H2,1-5H3,(H,19,22)(H,20,21)/t15-/m0/s1. The second-order valence-corrected chi connectivity index (χ2v) is 7.14. The third-order valence-corrected chi connectivity index (χ3v) is 3.10. The van der Waals surface area contributed by atoms with E-state index in [9.17, 15) is 9.59 Å². The zero-order chi connectivity index (χ0) is 17.6. The minimum atomic E-state index is -0.975. The molecule has 2 N–H and O–H groups in total. The maximum atomic E-state index is 11.9. The molecule has 1 rings (SSSR count). The lowest BCUT2D eigenvalue weighted by Crippen LogP contribution is -2.35. The molecule has 0 unspecified atom stereocenters. The Balaban J connectivity index is 2.85. The first-order chi connectivity index (χ1) is 10.6. The van der Waals surface area contributed by atoms with Gasteiger partial charge in [0.05, 0.1) is 12.5 Å². The summed E-state index contributed by atoms with van der Waals surface area (Å²) < 4.78 is 5.20. The predicted octanol–water partition coefficient (Wildman–Crippen LogP) is 3.93. The summed E-state index contributed by atoms with van der Waals surface area (Å²) >= 11 is 0. The molecule has 23 heavy (non-hydrogen) atoms. The van der Waals surface area contributed by atoms with Gasteiger partial charge in [-0.1, -0.05) is 38.1 Å². The lowest BCUT2D eigenvalue weighted by atomic mass is 9.98. The van der Waals surface area contributed by atoms with Crippen LogP contribution in [-0.2, 0) is 16.0 Å². The second kappa shape index (κ2) is 7.99. The lowest BCUT2D eigenvalue weighted by molar-refractivity contribution is -0.137. The van der Waals surface area contributed by atoms with Gasteiger partial charge in [-0.3, -0.25) is 4.79 Å². The van der Waals surface area contributed by atoms with Crippen molar-refractivity contribution in [1.29, 1.82) is 0 Å². The SMILES string of the molecule is CC(C)Cc1ccc([C@H](CC(=O)O)NC(=O)OC(C)(C)C)cc1. The van der Waals surface area contributed by atoms with Crippen LogP contribution in [0.5, 0.6) is 0 Å². The Morgan fingerprint density at radius 2 is 1.74 bits per heavy atom. The van der Waals surface area contributed by atoms with E-state index in [0.29, 0.717) is 5.92 Å². The number of carbonyl (C=O) groups is 2. The molecule has 0 radical (unpaired) electrons. The Morgan fingerprint density at radius 1 is 1.17 bits per heavy atom. The Hall–Kier alpha value is -2.04. The number of hydrogen-bond donors (Lipinski definition) is 2. The average Bonchev–Trinajstić information content (AvgIpc) is 2.35. The van der Waals surface area contributed by atoms with Crippen LogP contribution in [0.3, 0.4) is 0 Å². The molecule has 0 aliphatic rings. The summed E-state index contributed by atoms with van der Waals surface area (Å²) in [4.78, 5) is 23.0. The Bertz CT molecular complexity index is 529. The highest BCUT2D eigenvalue weighted by molar-refractivity contribution is 5.72. The van der Waals surface area contributed by atoms with E-state index in [1.165, 1.54) is 5.56 Å². The summed E-state index contributed by atoms with van der Waals surface area (Å²) in [6.45, 7) is 9.58. The molecule has 0 bridgehead atoms. The van der Waals surface area contributed by atoms with Crippen molar-refractivity contribution >= 4 is 12.1 Å². The molecule has 5 nitrogen and oxygen atoms in total. The smallest absolute Gasteiger partial charge is 0.408 e. The number of nitrogens with one attached hydrogen (secondary N) is 1. The first-order valence-corrected chi connectivity index (χ1v) is 7.87. The number of rotatable bonds is 6. The van der Waals surface area contributed by atoms with E-state index >= 15 is 0 Å². The normalized spacial score (nSPS) is 12.8. The van der Waals surface area contributed by atoms with Gasteiger partial charge in [0, 0.05) is 0 Å². The number of hydrogen-bond acceptors (Lipinski definition) is 3. The number of benzene rings is 1. The van der Waals surface area contributed by atoms with Gasteiger partial charge >= 0.3 is 12.1 Å². The van der Waals surface area contributed by atoms with Crippen molar-refractivity contribution in [2.24, 2.45) is 5.92 Å². The summed E-state index contributed by atoms with van der Waals surface area (Å²) in [7, 11) is 0. The molecule has 5 heteroatoms. The highest BCUT2D eigenvalue weighted by Gasteiger charge is 2.22. The molecular formula is C18H27NO4. The van der Waals surface area contributed by atoms with E-state index in [2.05, 4.69) is 19.2 Å². The molecule has 0 saturated carbocycles. The van der Waals surface area contributed by atoms with Crippen LogP contribution < -0.4 is 5.32 Å². The number of aliphatic carboxylic acids is 1. The fraction of sp³-hybridized carbons (Fsp3) is 0.556. The average molecular weight is 321 g/mol. The van der Waals surface area contributed by atoms with Crippen LogP contribution in [0.25, 0.3) is 0 Å². The van der Waals surface area contributed by atoms with Crippen molar-refractivity contribution in [2.75, 3.05) is 0 Å². The number of amides is 1. The van der Waals surface area contributed by atoms with Gasteiger partial charge in [-0.2, -0.15) is 0 Å². The number of ether oxygens (including phenoxy) is 1. The number of carbonyl (C=O) groups excluding carboxylic acids is 1. The first kappa shape index (κ1) is 19.0. The lowest BCUT2D eigenvalue weighted by Gasteiger charge is -2.23. The monoisotopic (exact) mass is 321 g/mol. The largest absolute Gasteiger partial charge is 0.481 e. The minimum absolute atomic E-state index is 0.192. The molecule has 0 heterocycles. The fourth-order valence-electron chi connectivity index (χ4n) is 2.23. The van der Waals surface area contributed by atoms with Gasteiger partial charge < -0.3 is 15.2 Å². The van der Waals surface area contributed by atoms with Gasteiger partial charge in [0.25, 0.3) is 0 Å². The molecule has 0 spiro atoms. The van der Waals surface area contributed by atoms with E-state index in [1.54, 1.807) is 20.8 Å². The van der Waals surface area contributed by atoms with Crippen molar-refractivity contribution < 1.29 is 19.4 Å². The maximum Gasteiger partial charge on any atom is 0.408 e. The van der Waals surface area contributed by atoms with Gasteiger partial charge in [-0.25, -0.2) is 4.79 Å². The van der Waals surface area contributed by atoms with E-state index in [4.69, 9.17) is 9.84 Å². The molecule has 1 atom stereocenters. The number of carboxylic acids is 1. The van der Waals surface area contributed by atoms with Gasteiger partial charge in [-0.15, -0.1) is 0 Å².